The first-order chi connectivity index (χ1) is 37.3. The third kappa shape index (κ3) is 29.7. The summed E-state index contributed by atoms with van der Waals surface area (Å²) in [4.78, 5) is 48.0. The minimum atomic E-state index is -0.303. The lowest BCUT2D eigenvalue weighted by molar-refractivity contribution is -0.865. The lowest BCUT2D eigenvalue weighted by atomic mass is 9.84. The summed E-state index contributed by atoms with van der Waals surface area (Å²) in [6, 6.07) is 22.8. The maximum Gasteiger partial charge on any atom is 0.293 e. The van der Waals surface area contributed by atoms with Crippen LogP contribution in [0.4, 0.5) is 0 Å². The van der Waals surface area contributed by atoms with Crippen LogP contribution in [0, 0.1) is 16.7 Å². The van der Waals surface area contributed by atoms with Crippen molar-refractivity contribution < 1.29 is 33.5 Å². The van der Waals surface area contributed by atoms with Crippen LogP contribution in [-0.4, -0.2) is 131 Å². The van der Waals surface area contributed by atoms with Gasteiger partial charge in [-0.25, -0.2) is 5.43 Å². The summed E-state index contributed by atoms with van der Waals surface area (Å²) in [6.07, 6.45) is 14.1. The molecule has 0 unspecified atom stereocenters. The zero-order valence-electron chi connectivity index (χ0n) is 51.1. The quantitative estimate of drug-likeness (QED) is 0.0174. The maximum absolute atomic E-state index is 12.8. The number of likely N-dealkylation sites (N-methyl/N-ethyl adjacent to an activating group) is 1. The number of aromatic nitrogens is 1. The van der Waals surface area contributed by atoms with Crippen LogP contribution in [0.5, 0.6) is 5.75 Å². The van der Waals surface area contributed by atoms with Crippen molar-refractivity contribution in [3.63, 3.8) is 0 Å². The number of quaternary nitrogens is 1. The summed E-state index contributed by atoms with van der Waals surface area (Å²) >= 11 is 0. The number of aryl methyl sites for hydroxylation is 2. The van der Waals surface area contributed by atoms with Gasteiger partial charge in [-0.2, -0.15) is 5.26 Å². The van der Waals surface area contributed by atoms with Gasteiger partial charge in [0, 0.05) is 67.7 Å². The first-order valence-electron chi connectivity index (χ1n) is 27.4. The Labute approximate surface area is 471 Å². The van der Waals surface area contributed by atoms with E-state index in [1.54, 1.807) is 30.4 Å². The van der Waals surface area contributed by atoms with Crippen molar-refractivity contribution in [1.29, 1.82) is 5.26 Å². The zero-order valence-corrected chi connectivity index (χ0v) is 51.1. The molecule has 0 spiro atoms. The van der Waals surface area contributed by atoms with Crippen molar-refractivity contribution in [2.24, 2.45) is 16.1 Å². The number of benzene rings is 3. The van der Waals surface area contributed by atoms with Gasteiger partial charge in [-0.3, -0.25) is 24.4 Å². The highest BCUT2D eigenvalue weighted by atomic mass is 16.5. The van der Waals surface area contributed by atoms with E-state index < -0.39 is 0 Å². The Morgan fingerprint density at radius 1 is 0.974 bits per heavy atom. The van der Waals surface area contributed by atoms with Crippen LogP contribution in [0.2, 0.25) is 0 Å². The molecule has 1 aromatic heterocycles. The molecule has 0 radical (unpaired) electrons. The number of amides is 1. The highest BCUT2D eigenvalue weighted by Gasteiger charge is 2.28. The van der Waals surface area contributed by atoms with Crippen LogP contribution in [0.25, 0.3) is 33.3 Å². The van der Waals surface area contributed by atoms with Gasteiger partial charge in [0.15, 0.2) is 12.1 Å². The van der Waals surface area contributed by atoms with Gasteiger partial charge in [0.1, 0.15) is 19.1 Å². The Morgan fingerprint density at radius 2 is 1.62 bits per heavy atom. The number of rotatable bonds is 19. The lowest BCUT2D eigenvalue weighted by Crippen LogP contribution is -2.47. The standard InChI is InChI=1S/C38H48N4O4.C9H14N2O.C7H13N2.C3H8.2C2H6.CH5N.CH2O/c1-6-41-35-15-14-28(30-19-27(20-31(44)21-30)13-16-36(45)42-18-10-9-17-39-42)22-33(35)34(23-38(2,3)25-46-26-43)37(41)32-12-8-7-11-29(32)24-40(4)5;1-3-4-5-6-7-11-9(8-12)10-2;1-7(5-8)6-9(2,3)4;1-3-2;4*1-2/h7-8,11-12,14-15,19-22,26,39,44H,6,9-10,13,16-18,23-25H2,1-5H3;4-8H,3H2,1-2H3,(H,10,11);1,6H2,2-4H3;3H2,1-2H3;2*1-2H3;2H2,1H3;1H2/q;;+1;;;;;/b;5-4+,7-6+;;;;;;. The molecule has 15 heteroatoms. The average Bonchev–Trinajstić information content (AvgIpc) is 3.74. The van der Waals surface area contributed by atoms with E-state index in [-0.39, 0.29) is 17.1 Å². The summed E-state index contributed by atoms with van der Waals surface area (Å²) in [6.45, 7) is 31.1. The smallest absolute Gasteiger partial charge is 0.293 e. The molecule has 0 aliphatic carbocycles. The molecule has 1 saturated heterocycles. The van der Waals surface area contributed by atoms with E-state index in [1.807, 2.05) is 79.9 Å². The molecule has 1 amide bonds. The fourth-order valence-corrected chi connectivity index (χ4v) is 7.87. The SMILES string of the molecule is C=C(C#N)C[N+](C)(C)C.C=O.CC.CC.CC/C=C/C=C/NC(C=O)=NC.CCC.CCn1c(-c2ccccc2CN(C)C)c(CC(C)(C)COC=O)c2cc(-c3cc(O)cc(CCC(=O)N4CCCCN4)c3)ccc21.CN. The number of fused-ring (bicyclic) bond motifs is 1. The number of nitriles is 1. The number of allylic oxidation sites excluding steroid dienone is 3. The van der Waals surface area contributed by atoms with Crippen LogP contribution < -0.4 is 16.5 Å². The number of aliphatic imine (C=N–C) groups is 1. The molecular formula is C63H102N9O6+. The maximum atomic E-state index is 12.8. The molecule has 0 bridgehead atoms. The number of nitrogens with one attached hydrogen (secondary N) is 2. The minimum absolute atomic E-state index is 0.0832. The summed E-state index contributed by atoms with van der Waals surface area (Å²) in [5.74, 6) is 0.601. The number of phenolic OH excluding ortho intramolecular Hbond substituents is 1. The molecule has 15 nitrogen and oxygen atoms in total. The number of nitrogens with two attached hydrogens (primary N) is 1. The Kier molecular flexibility index (Phi) is 42.9. The summed E-state index contributed by atoms with van der Waals surface area (Å²) in [5, 5.41) is 24.7. The number of carbonyl (C=O) groups is 4. The van der Waals surface area contributed by atoms with Crippen LogP contribution in [-0.2, 0) is 49.8 Å². The van der Waals surface area contributed by atoms with E-state index >= 15 is 0 Å². The summed E-state index contributed by atoms with van der Waals surface area (Å²) in [5.41, 5.74) is 16.9. The second-order valence-corrected chi connectivity index (χ2v) is 19.4. The number of hydrazine groups is 1. The van der Waals surface area contributed by atoms with Crippen LogP contribution in [0.1, 0.15) is 118 Å². The van der Waals surface area contributed by atoms with E-state index in [4.69, 9.17) is 14.8 Å². The highest BCUT2D eigenvalue weighted by Crippen LogP contribution is 2.41. The summed E-state index contributed by atoms with van der Waals surface area (Å²) in [7, 11) is 13.3. The molecule has 434 valence electrons. The van der Waals surface area contributed by atoms with Crippen LogP contribution >= 0.6 is 0 Å². The number of hydrogen-bond acceptors (Lipinski definition) is 11. The van der Waals surface area contributed by atoms with Crippen molar-refractivity contribution in [2.75, 3.05) is 75.6 Å². The van der Waals surface area contributed by atoms with Gasteiger partial charge in [0.2, 0.25) is 5.91 Å². The normalized spacial score (nSPS) is 11.8. The number of aldehydes is 1. The predicted octanol–water partition coefficient (Wildman–Crippen LogP) is 11.5. The van der Waals surface area contributed by atoms with E-state index in [9.17, 15) is 19.5 Å². The van der Waals surface area contributed by atoms with E-state index in [1.165, 1.54) is 35.9 Å². The Balaban J connectivity index is -0.00000144. The first kappa shape index (κ1) is 75.5. The van der Waals surface area contributed by atoms with Gasteiger partial charge >= 0.3 is 0 Å². The Morgan fingerprint density at radius 3 is 2.13 bits per heavy atom. The van der Waals surface area contributed by atoms with Gasteiger partial charge in [0.25, 0.3) is 6.47 Å². The average molecular weight is 1080 g/mol. The van der Waals surface area contributed by atoms with Crippen LogP contribution in [0.15, 0.2) is 102 Å². The van der Waals surface area contributed by atoms with Crippen molar-refractivity contribution in [1.82, 2.24) is 25.2 Å². The lowest BCUT2D eigenvalue weighted by Gasteiger charge is -2.27. The molecule has 5 rings (SSSR count). The van der Waals surface area contributed by atoms with Crippen molar-refractivity contribution in [3.8, 4) is 34.2 Å². The first-order valence-corrected chi connectivity index (χ1v) is 27.4. The van der Waals surface area contributed by atoms with Gasteiger partial charge in [0.05, 0.1) is 45.1 Å². The molecule has 5 N–H and O–H groups in total. The van der Waals surface area contributed by atoms with Crippen molar-refractivity contribution in [3.05, 3.63) is 114 Å². The molecule has 1 aliphatic heterocycles. The van der Waals surface area contributed by atoms with E-state index in [0.717, 1.165) is 84.1 Å². The Bertz CT molecular complexity index is 2440. The molecule has 1 fully saturated rings. The third-order valence-corrected chi connectivity index (χ3v) is 10.8. The topological polar surface area (TPSA) is 195 Å². The van der Waals surface area contributed by atoms with Gasteiger partial charge in [-0.05, 0) is 118 Å². The number of phenols is 1. The number of amidine groups is 1. The fourth-order valence-electron chi connectivity index (χ4n) is 7.87. The van der Waals surface area contributed by atoms with Crippen molar-refractivity contribution >= 4 is 42.2 Å². The van der Waals surface area contributed by atoms with Crippen molar-refractivity contribution in [2.45, 2.75) is 127 Å². The second kappa shape index (κ2) is 44.3. The predicted molar refractivity (Wildman–Crippen MR) is 329 cm³/mol. The minimum Gasteiger partial charge on any atom is -0.508 e. The molecular weight excluding hydrogens is 979 g/mol. The Hall–Kier alpha value is -6.70. The van der Waals surface area contributed by atoms with Gasteiger partial charge in [-0.1, -0.05) is 124 Å². The zero-order chi connectivity index (χ0) is 60.3. The highest BCUT2D eigenvalue weighted by molar-refractivity contribution is 6.27. The fraction of sp³-hybridized carbons (Fsp3) is 0.492. The third-order valence-electron chi connectivity index (χ3n) is 10.8. The van der Waals surface area contributed by atoms with Gasteiger partial charge in [-0.15, -0.1) is 0 Å². The largest absolute Gasteiger partial charge is 0.508 e. The van der Waals surface area contributed by atoms with Crippen LogP contribution in [0.3, 0.4) is 0 Å². The number of ether oxygens (including phenoxy) is 1. The number of aromatic hydroxyl groups is 1. The second-order valence-electron chi connectivity index (χ2n) is 19.4. The molecule has 2 heterocycles. The molecule has 0 saturated carbocycles. The number of carbonyl (C=O) groups excluding carboxylic acids is 4. The molecule has 0 atom stereocenters. The van der Waals surface area contributed by atoms with E-state index in [0.29, 0.717) is 50.0 Å². The van der Waals surface area contributed by atoms with E-state index in [2.05, 4.69) is 142 Å². The molecule has 3 aromatic carbocycles. The molecule has 78 heavy (non-hydrogen) atoms. The number of nitrogens with zero attached hydrogens (tertiary/aromatic N) is 6. The summed E-state index contributed by atoms with van der Waals surface area (Å²) < 4.78 is 8.45. The number of hydrogen-bond donors (Lipinski definition) is 4. The molecule has 1 aliphatic rings. The monoisotopic (exact) mass is 1080 g/mol. The van der Waals surface area contributed by atoms with Gasteiger partial charge < -0.3 is 39.6 Å². The molecule has 4 aromatic rings.